The first-order chi connectivity index (χ1) is 11.6. The Morgan fingerprint density at radius 1 is 1.04 bits per heavy atom. The van der Waals surface area contributed by atoms with E-state index >= 15 is 0 Å². The molecule has 2 aromatic rings. The van der Waals surface area contributed by atoms with Gasteiger partial charge in [0.05, 0.1) is 13.7 Å². The van der Waals surface area contributed by atoms with Crippen LogP contribution in [0.25, 0.3) is 0 Å². The van der Waals surface area contributed by atoms with E-state index < -0.39 is 0 Å². The fourth-order valence-corrected chi connectivity index (χ4v) is 3.62. The van der Waals surface area contributed by atoms with E-state index in [0.717, 1.165) is 37.9 Å². The maximum atomic E-state index is 9.41. The van der Waals surface area contributed by atoms with Crippen molar-refractivity contribution in [3.05, 3.63) is 65.2 Å². The smallest absolute Gasteiger partial charge is 0.118 e. The van der Waals surface area contributed by atoms with Gasteiger partial charge in [-0.2, -0.15) is 0 Å². The lowest BCUT2D eigenvalue weighted by molar-refractivity contribution is 0.198. The summed E-state index contributed by atoms with van der Waals surface area (Å²) in [5.74, 6) is 1.39. The Hall–Kier alpha value is -1.84. The molecule has 0 radical (unpaired) electrons. The van der Waals surface area contributed by atoms with Gasteiger partial charge in [-0.15, -0.1) is 0 Å². The number of methoxy groups -OCH3 is 1. The molecule has 1 fully saturated rings. The van der Waals surface area contributed by atoms with Crippen LogP contribution in [0.3, 0.4) is 0 Å². The van der Waals surface area contributed by atoms with Crippen molar-refractivity contribution >= 4 is 0 Å². The van der Waals surface area contributed by atoms with Gasteiger partial charge in [-0.25, -0.2) is 0 Å². The molecule has 0 amide bonds. The van der Waals surface area contributed by atoms with E-state index in [1.165, 1.54) is 16.7 Å². The second-order valence-electron chi connectivity index (χ2n) is 7.05. The summed E-state index contributed by atoms with van der Waals surface area (Å²) in [5.41, 5.74) is 9.84. The largest absolute Gasteiger partial charge is 0.497 e. The first kappa shape index (κ1) is 17.0. The highest BCUT2D eigenvalue weighted by molar-refractivity contribution is 5.30. The Balaban J connectivity index is 1.56. The normalized spacial score (nSPS) is 23.4. The predicted molar refractivity (Wildman–Crippen MR) is 97.4 cm³/mol. The fraction of sp³-hybridized carbons (Fsp3) is 0.429. The van der Waals surface area contributed by atoms with Gasteiger partial charge in [-0.05, 0) is 66.8 Å². The van der Waals surface area contributed by atoms with Gasteiger partial charge < -0.3 is 15.6 Å². The molecular weight excluding hydrogens is 298 g/mol. The molecule has 3 N–H and O–H groups in total. The lowest BCUT2D eigenvalue weighted by Gasteiger charge is -2.21. The summed E-state index contributed by atoms with van der Waals surface area (Å²) < 4.78 is 5.19. The van der Waals surface area contributed by atoms with Crippen molar-refractivity contribution in [3.63, 3.8) is 0 Å². The van der Waals surface area contributed by atoms with Gasteiger partial charge in [0.25, 0.3) is 0 Å². The van der Waals surface area contributed by atoms with Crippen LogP contribution in [0.4, 0.5) is 0 Å². The van der Waals surface area contributed by atoms with Crippen LogP contribution >= 0.6 is 0 Å². The Bertz CT molecular complexity index is 651. The maximum Gasteiger partial charge on any atom is 0.118 e. The summed E-state index contributed by atoms with van der Waals surface area (Å²) in [4.78, 5) is 0. The number of nitrogens with two attached hydrogens (primary N) is 1. The summed E-state index contributed by atoms with van der Waals surface area (Å²) in [6.07, 6.45) is 4.93. The van der Waals surface area contributed by atoms with Crippen molar-refractivity contribution < 1.29 is 9.84 Å². The van der Waals surface area contributed by atoms with Gasteiger partial charge >= 0.3 is 0 Å². The Morgan fingerprint density at radius 3 is 2.12 bits per heavy atom. The molecule has 0 bridgehead atoms. The molecule has 0 aliphatic heterocycles. The van der Waals surface area contributed by atoms with Crippen LogP contribution in [0.5, 0.6) is 5.75 Å². The Labute approximate surface area is 144 Å². The number of benzene rings is 2. The van der Waals surface area contributed by atoms with E-state index in [-0.39, 0.29) is 12.1 Å². The molecule has 0 aromatic heterocycles. The second kappa shape index (κ2) is 7.37. The summed E-state index contributed by atoms with van der Waals surface area (Å²) in [6, 6.07) is 17.2. The maximum absolute atomic E-state index is 9.41. The highest BCUT2D eigenvalue weighted by Crippen LogP contribution is 2.39. The van der Waals surface area contributed by atoms with Crippen LogP contribution in [0, 0.1) is 0 Å². The Morgan fingerprint density at radius 2 is 1.62 bits per heavy atom. The van der Waals surface area contributed by atoms with Crippen molar-refractivity contribution in [2.24, 2.45) is 5.73 Å². The van der Waals surface area contributed by atoms with Gasteiger partial charge in [0, 0.05) is 5.54 Å². The number of aliphatic hydroxyl groups is 1. The summed E-state index contributed by atoms with van der Waals surface area (Å²) in [5, 5.41) is 9.41. The average Bonchev–Trinajstić information content (AvgIpc) is 3.04. The van der Waals surface area contributed by atoms with E-state index in [1.54, 1.807) is 7.11 Å². The van der Waals surface area contributed by atoms with Crippen molar-refractivity contribution in [3.8, 4) is 5.75 Å². The summed E-state index contributed by atoms with van der Waals surface area (Å²) >= 11 is 0. The fourth-order valence-electron chi connectivity index (χ4n) is 3.62. The van der Waals surface area contributed by atoms with Gasteiger partial charge in [-0.3, -0.25) is 0 Å². The standard InChI is InChI=1S/C21H27NO2/c1-24-20-10-6-17(7-11-20)3-2-16-4-8-18(9-5-16)19-12-13-21(22,14-19)15-23/h4-11,19,23H,2-3,12-15,22H2,1H3/t19-,21+/m1/s1. The first-order valence-corrected chi connectivity index (χ1v) is 8.73. The zero-order valence-electron chi connectivity index (χ0n) is 14.4. The lowest BCUT2D eigenvalue weighted by Crippen LogP contribution is -2.40. The molecular formula is C21H27NO2. The van der Waals surface area contributed by atoms with Crippen LogP contribution in [-0.2, 0) is 12.8 Å². The molecule has 3 nitrogen and oxygen atoms in total. The number of rotatable bonds is 6. The number of aliphatic hydroxyl groups excluding tert-OH is 1. The average molecular weight is 325 g/mol. The number of aryl methyl sites for hydroxylation is 2. The zero-order valence-corrected chi connectivity index (χ0v) is 14.4. The highest BCUT2D eigenvalue weighted by Gasteiger charge is 2.35. The number of hydrogen-bond acceptors (Lipinski definition) is 3. The van der Waals surface area contributed by atoms with E-state index in [0.29, 0.717) is 5.92 Å². The summed E-state index contributed by atoms with van der Waals surface area (Å²) in [7, 11) is 1.69. The molecule has 2 atom stereocenters. The molecule has 1 saturated carbocycles. The Kier molecular flexibility index (Phi) is 5.22. The van der Waals surface area contributed by atoms with Crippen LogP contribution < -0.4 is 10.5 Å². The number of ether oxygens (including phenoxy) is 1. The third kappa shape index (κ3) is 3.97. The molecule has 0 saturated heterocycles. The van der Waals surface area contributed by atoms with Crippen molar-refractivity contribution in [2.75, 3.05) is 13.7 Å². The van der Waals surface area contributed by atoms with Crippen molar-refractivity contribution in [1.29, 1.82) is 0 Å². The minimum Gasteiger partial charge on any atom is -0.497 e. The van der Waals surface area contributed by atoms with Crippen LogP contribution in [0.1, 0.15) is 41.9 Å². The van der Waals surface area contributed by atoms with Crippen molar-refractivity contribution in [1.82, 2.24) is 0 Å². The molecule has 1 aliphatic carbocycles. The van der Waals surface area contributed by atoms with Gasteiger partial charge in [0.1, 0.15) is 5.75 Å². The predicted octanol–water partition coefficient (Wildman–Crippen LogP) is 3.44. The highest BCUT2D eigenvalue weighted by atomic mass is 16.5. The molecule has 0 heterocycles. The molecule has 1 aliphatic rings. The quantitative estimate of drug-likeness (QED) is 0.855. The van der Waals surface area contributed by atoms with Gasteiger partial charge in [-0.1, -0.05) is 36.4 Å². The number of hydrogen-bond donors (Lipinski definition) is 2. The van der Waals surface area contributed by atoms with E-state index in [1.807, 2.05) is 12.1 Å². The van der Waals surface area contributed by atoms with Crippen LogP contribution in [0.2, 0.25) is 0 Å². The third-order valence-corrected chi connectivity index (χ3v) is 5.27. The third-order valence-electron chi connectivity index (χ3n) is 5.27. The first-order valence-electron chi connectivity index (χ1n) is 8.73. The molecule has 3 heteroatoms. The van der Waals surface area contributed by atoms with E-state index in [2.05, 4.69) is 36.4 Å². The van der Waals surface area contributed by atoms with Gasteiger partial charge in [0.15, 0.2) is 0 Å². The van der Waals surface area contributed by atoms with Crippen LogP contribution in [-0.4, -0.2) is 24.4 Å². The van der Waals surface area contributed by atoms with Gasteiger partial charge in [0.2, 0.25) is 0 Å². The molecule has 0 spiro atoms. The molecule has 24 heavy (non-hydrogen) atoms. The zero-order chi connectivity index (χ0) is 17.0. The second-order valence-corrected chi connectivity index (χ2v) is 7.05. The lowest BCUT2D eigenvalue weighted by atomic mass is 9.92. The molecule has 3 rings (SSSR count). The SMILES string of the molecule is COc1ccc(CCc2ccc([C@@H]3CC[C@@](N)(CO)C3)cc2)cc1. The molecule has 0 unspecified atom stereocenters. The van der Waals surface area contributed by atoms with E-state index in [9.17, 15) is 5.11 Å². The van der Waals surface area contributed by atoms with E-state index in [4.69, 9.17) is 10.5 Å². The minimum absolute atomic E-state index is 0.0868. The molecule has 2 aromatic carbocycles. The minimum atomic E-state index is -0.377. The van der Waals surface area contributed by atoms with Crippen molar-refractivity contribution in [2.45, 2.75) is 43.6 Å². The topological polar surface area (TPSA) is 55.5 Å². The monoisotopic (exact) mass is 325 g/mol. The summed E-state index contributed by atoms with van der Waals surface area (Å²) in [6.45, 7) is 0.0868. The van der Waals surface area contributed by atoms with Crippen LogP contribution in [0.15, 0.2) is 48.5 Å². The molecule has 128 valence electrons.